The highest BCUT2D eigenvalue weighted by Crippen LogP contribution is 2.20. The van der Waals surface area contributed by atoms with E-state index in [9.17, 15) is 4.79 Å². The second-order valence-electron chi connectivity index (χ2n) is 3.56. The van der Waals surface area contributed by atoms with Crippen LogP contribution in [-0.2, 0) is 9.53 Å². The smallest absolute Gasteiger partial charge is 0.144 e. The van der Waals surface area contributed by atoms with E-state index in [-0.39, 0.29) is 6.04 Å². The van der Waals surface area contributed by atoms with Crippen molar-refractivity contribution in [3.8, 4) is 0 Å². The van der Waals surface area contributed by atoms with Crippen molar-refractivity contribution in [2.45, 2.75) is 6.04 Å². The van der Waals surface area contributed by atoms with Crippen molar-refractivity contribution >= 4 is 17.7 Å². The van der Waals surface area contributed by atoms with Gasteiger partial charge in [0.05, 0.1) is 13.2 Å². The zero-order valence-electron chi connectivity index (χ0n) is 8.43. The first-order valence-corrected chi connectivity index (χ1v) is 4.96. The van der Waals surface area contributed by atoms with Gasteiger partial charge in [-0.1, -0.05) is 0 Å². The summed E-state index contributed by atoms with van der Waals surface area (Å²) in [7, 11) is 0. The maximum absolute atomic E-state index is 10.9. The van der Waals surface area contributed by atoms with Gasteiger partial charge in [0.15, 0.2) is 0 Å². The predicted octanol–water partition coefficient (Wildman–Crippen LogP) is 0.673. The number of ether oxygens (including phenoxy) is 1. The summed E-state index contributed by atoms with van der Waals surface area (Å²) in [5, 5.41) is 0. The van der Waals surface area contributed by atoms with Gasteiger partial charge in [-0.15, -0.1) is 0 Å². The molecule has 1 aromatic carbocycles. The van der Waals surface area contributed by atoms with Gasteiger partial charge in [0.2, 0.25) is 0 Å². The van der Waals surface area contributed by atoms with E-state index in [1.165, 1.54) is 0 Å². The van der Waals surface area contributed by atoms with E-state index in [1.54, 1.807) is 0 Å². The summed E-state index contributed by atoms with van der Waals surface area (Å²) in [6.45, 7) is 1.87. The van der Waals surface area contributed by atoms with Crippen LogP contribution in [0.2, 0.25) is 0 Å². The molecule has 1 saturated heterocycles. The molecule has 1 heterocycles. The highest BCUT2D eigenvalue weighted by molar-refractivity contribution is 5.67. The Morgan fingerprint density at radius 2 is 2.13 bits per heavy atom. The fraction of sp³-hybridized carbons (Fsp3) is 0.364. The molecule has 0 aromatic heterocycles. The predicted molar refractivity (Wildman–Crippen MR) is 58.9 cm³/mol. The number of rotatable bonds is 2. The standard InChI is InChI=1S/C11H14N2O2/c12-9-1-3-10(4-2-9)13-5-6-15-8-11(13)7-14/h1-4,7,11H,5-6,8,12H2. The van der Waals surface area contributed by atoms with Crippen LogP contribution in [0.4, 0.5) is 11.4 Å². The lowest BCUT2D eigenvalue weighted by atomic mass is 10.2. The number of nitrogens with zero attached hydrogens (tertiary/aromatic N) is 1. The SMILES string of the molecule is Nc1ccc(N2CCOCC2C=O)cc1. The average molecular weight is 206 g/mol. The van der Waals surface area contributed by atoms with Gasteiger partial charge < -0.3 is 20.2 Å². The zero-order chi connectivity index (χ0) is 10.7. The van der Waals surface area contributed by atoms with Gasteiger partial charge in [-0.2, -0.15) is 0 Å². The Labute approximate surface area is 88.6 Å². The summed E-state index contributed by atoms with van der Waals surface area (Å²) < 4.78 is 5.25. The van der Waals surface area contributed by atoms with E-state index in [0.29, 0.717) is 13.2 Å². The summed E-state index contributed by atoms with van der Waals surface area (Å²) >= 11 is 0. The molecule has 0 amide bonds. The van der Waals surface area contributed by atoms with Crippen LogP contribution < -0.4 is 10.6 Å². The van der Waals surface area contributed by atoms with Crippen LogP contribution >= 0.6 is 0 Å². The third-order valence-corrected chi connectivity index (χ3v) is 2.55. The summed E-state index contributed by atoms with van der Waals surface area (Å²) in [4.78, 5) is 12.9. The van der Waals surface area contributed by atoms with Gasteiger partial charge in [0.25, 0.3) is 0 Å². The number of morpholine rings is 1. The van der Waals surface area contributed by atoms with Crippen molar-refractivity contribution < 1.29 is 9.53 Å². The number of hydrogen-bond acceptors (Lipinski definition) is 4. The Morgan fingerprint density at radius 1 is 1.40 bits per heavy atom. The molecule has 0 spiro atoms. The molecule has 80 valence electrons. The number of aldehydes is 1. The van der Waals surface area contributed by atoms with E-state index in [0.717, 1.165) is 24.2 Å². The molecular formula is C11H14N2O2. The second kappa shape index (κ2) is 4.31. The molecule has 15 heavy (non-hydrogen) atoms. The zero-order valence-corrected chi connectivity index (χ0v) is 8.43. The lowest BCUT2D eigenvalue weighted by Crippen LogP contribution is -2.46. The fourth-order valence-corrected chi connectivity index (χ4v) is 1.72. The average Bonchev–Trinajstić information content (AvgIpc) is 2.30. The molecule has 1 aromatic rings. The minimum Gasteiger partial charge on any atom is -0.399 e. The maximum Gasteiger partial charge on any atom is 0.144 e. The minimum atomic E-state index is -0.178. The number of nitrogen functional groups attached to an aromatic ring is 1. The molecule has 1 atom stereocenters. The van der Waals surface area contributed by atoms with E-state index in [1.807, 2.05) is 29.2 Å². The van der Waals surface area contributed by atoms with Gasteiger partial charge >= 0.3 is 0 Å². The summed E-state index contributed by atoms with van der Waals surface area (Å²) in [6, 6.07) is 7.36. The summed E-state index contributed by atoms with van der Waals surface area (Å²) in [5.74, 6) is 0. The van der Waals surface area contributed by atoms with Crippen LogP contribution in [0.1, 0.15) is 0 Å². The second-order valence-corrected chi connectivity index (χ2v) is 3.56. The van der Waals surface area contributed by atoms with E-state index < -0.39 is 0 Å². The Balaban J connectivity index is 2.20. The molecule has 1 unspecified atom stereocenters. The Bertz CT molecular complexity index is 337. The Kier molecular flexibility index (Phi) is 2.87. The molecule has 4 heteroatoms. The van der Waals surface area contributed by atoms with Gasteiger partial charge in [0.1, 0.15) is 12.3 Å². The van der Waals surface area contributed by atoms with Gasteiger partial charge in [-0.3, -0.25) is 0 Å². The first-order valence-electron chi connectivity index (χ1n) is 4.96. The first-order chi connectivity index (χ1) is 7.31. The number of nitrogens with two attached hydrogens (primary N) is 1. The van der Waals surface area contributed by atoms with Crippen LogP contribution in [0.3, 0.4) is 0 Å². The molecule has 0 bridgehead atoms. The monoisotopic (exact) mass is 206 g/mol. The molecule has 0 aliphatic carbocycles. The van der Waals surface area contributed by atoms with Gasteiger partial charge in [0, 0.05) is 17.9 Å². The molecular weight excluding hydrogens is 192 g/mol. The maximum atomic E-state index is 10.9. The third-order valence-electron chi connectivity index (χ3n) is 2.55. The number of carbonyl (C=O) groups excluding carboxylic acids is 1. The number of hydrogen-bond donors (Lipinski definition) is 1. The van der Waals surface area contributed by atoms with Gasteiger partial charge in [-0.05, 0) is 24.3 Å². The highest BCUT2D eigenvalue weighted by Gasteiger charge is 2.22. The summed E-state index contributed by atoms with van der Waals surface area (Å²) in [6.07, 6.45) is 0.926. The molecule has 0 saturated carbocycles. The van der Waals surface area contributed by atoms with Crippen LogP contribution in [0, 0.1) is 0 Å². The van der Waals surface area contributed by atoms with Crippen LogP contribution in [0.5, 0.6) is 0 Å². The molecule has 2 rings (SSSR count). The van der Waals surface area contributed by atoms with E-state index in [2.05, 4.69) is 0 Å². The van der Waals surface area contributed by atoms with Crippen molar-refractivity contribution in [3.63, 3.8) is 0 Å². The van der Waals surface area contributed by atoms with Gasteiger partial charge in [-0.25, -0.2) is 0 Å². The van der Waals surface area contributed by atoms with E-state index >= 15 is 0 Å². The number of carbonyl (C=O) groups is 1. The molecule has 0 radical (unpaired) electrons. The molecule has 2 N–H and O–H groups in total. The normalized spacial score (nSPS) is 21.3. The first kappa shape index (κ1) is 9.98. The topological polar surface area (TPSA) is 55.6 Å². The van der Waals surface area contributed by atoms with Crippen LogP contribution in [-0.4, -0.2) is 32.1 Å². The highest BCUT2D eigenvalue weighted by atomic mass is 16.5. The van der Waals surface area contributed by atoms with Crippen molar-refractivity contribution in [1.29, 1.82) is 0 Å². The van der Waals surface area contributed by atoms with Crippen molar-refractivity contribution in [1.82, 2.24) is 0 Å². The van der Waals surface area contributed by atoms with Crippen molar-refractivity contribution in [2.75, 3.05) is 30.4 Å². The lowest BCUT2D eigenvalue weighted by molar-refractivity contribution is -0.111. The molecule has 1 aliphatic heterocycles. The summed E-state index contributed by atoms with van der Waals surface area (Å²) in [5.41, 5.74) is 7.36. The van der Waals surface area contributed by atoms with Crippen molar-refractivity contribution in [2.24, 2.45) is 0 Å². The Morgan fingerprint density at radius 3 is 2.80 bits per heavy atom. The van der Waals surface area contributed by atoms with E-state index in [4.69, 9.17) is 10.5 Å². The third kappa shape index (κ3) is 2.10. The number of benzene rings is 1. The molecule has 1 aliphatic rings. The fourth-order valence-electron chi connectivity index (χ4n) is 1.72. The minimum absolute atomic E-state index is 0.178. The Hall–Kier alpha value is -1.55. The quantitative estimate of drug-likeness (QED) is 0.571. The van der Waals surface area contributed by atoms with Crippen LogP contribution in [0.25, 0.3) is 0 Å². The number of anilines is 2. The van der Waals surface area contributed by atoms with Crippen LogP contribution in [0.15, 0.2) is 24.3 Å². The molecule has 4 nitrogen and oxygen atoms in total. The largest absolute Gasteiger partial charge is 0.399 e. The molecule has 1 fully saturated rings. The lowest BCUT2D eigenvalue weighted by Gasteiger charge is -2.34. The van der Waals surface area contributed by atoms with Crippen molar-refractivity contribution in [3.05, 3.63) is 24.3 Å².